The van der Waals surface area contributed by atoms with E-state index in [4.69, 9.17) is 0 Å². The molecule has 1 aliphatic rings. The average Bonchev–Trinajstić information content (AvgIpc) is 1.91. The molecule has 0 bridgehead atoms. The summed E-state index contributed by atoms with van der Waals surface area (Å²) in [5.74, 6) is 0. The van der Waals surface area contributed by atoms with Crippen molar-refractivity contribution in [2.45, 2.75) is 13.3 Å². The fourth-order valence-corrected chi connectivity index (χ4v) is 0.929. The Balaban J connectivity index is -0.000000163. The monoisotopic (exact) mass is 367 g/mol. The van der Waals surface area contributed by atoms with Crippen LogP contribution in [-0.4, -0.2) is 0 Å². The summed E-state index contributed by atoms with van der Waals surface area (Å²) in [5, 5.41) is 0. The molecule has 0 aromatic rings. The first-order valence-corrected chi connectivity index (χ1v) is 3.16. The van der Waals surface area contributed by atoms with E-state index < -0.39 is 0 Å². The van der Waals surface area contributed by atoms with Crippen LogP contribution in [0.1, 0.15) is 13.3 Å². The zero-order chi connectivity index (χ0) is 5.28. The Morgan fingerprint density at radius 3 is 1.90 bits per heavy atom. The van der Waals surface area contributed by atoms with E-state index in [-0.39, 0.29) is 50.9 Å². The van der Waals surface area contributed by atoms with E-state index >= 15 is 0 Å². The normalized spacial score (nSPS) is 13.2. The maximum atomic E-state index is 2.20. The van der Waals surface area contributed by atoms with E-state index in [1.807, 2.05) is 0 Å². The first-order valence-electron chi connectivity index (χ1n) is 2.38. The molecule has 0 aromatic carbocycles. The van der Waals surface area contributed by atoms with Crippen molar-refractivity contribution in [3.63, 3.8) is 0 Å². The van der Waals surface area contributed by atoms with Crippen LogP contribution in [0.2, 0.25) is 0 Å². The zero-order valence-corrected chi connectivity index (χ0v) is 12.3. The summed E-state index contributed by atoms with van der Waals surface area (Å²) < 4.78 is 1.51. The molecule has 0 radical (unpaired) electrons. The Morgan fingerprint density at radius 2 is 1.80 bits per heavy atom. The molecule has 0 heterocycles. The van der Waals surface area contributed by atoms with Crippen molar-refractivity contribution < 1.29 is 20.4 Å². The molecule has 59 valence electrons. The summed E-state index contributed by atoms with van der Waals surface area (Å²) in [6, 6.07) is 0. The van der Waals surface area contributed by atoms with Crippen LogP contribution in [0.4, 0.5) is 0 Å². The molecule has 0 atom stereocenters. The standard InChI is InChI=1S/C6H7.3BrH.Ti/c1-6-4-2-3-5-6;;;;/h2,4H,3H2,1H3;3*1H;. The molecule has 0 fully saturated rings. The van der Waals surface area contributed by atoms with Gasteiger partial charge in [0.25, 0.3) is 0 Å². The Labute approximate surface area is 105 Å². The minimum atomic E-state index is 0. The predicted molar refractivity (Wildman–Crippen MR) is 57.4 cm³/mol. The molecule has 0 nitrogen and oxygen atoms in total. The molecule has 10 heavy (non-hydrogen) atoms. The molecule has 0 spiro atoms. The van der Waals surface area contributed by atoms with Crippen LogP contribution in [-0.2, 0) is 20.4 Å². The Morgan fingerprint density at radius 1 is 1.30 bits per heavy atom. The van der Waals surface area contributed by atoms with E-state index in [1.165, 1.54) is 15.9 Å². The second kappa shape index (κ2) is 8.73. The third-order valence-electron chi connectivity index (χ3n) is 1.17. The number of allylic oxidation sites excluding steroid dienone is 4. The molecule has 0 saturated carbocycles. The van der Waals surface area contributed by atoms with Crippen molar-refractivity contribution >= 4 is 50.9 Å². The van der Waals surface area contributed by atoms with E-state index in [1.54, 1.807) is 0 Å². The Bertz CT molecular complexity index is 140. The Kier molecular flexibility index (Phi) is 15.4. The first kappa shape index (κ1) is 17.6. The van der Waals surface area contributed by atoms with Gasteiger partial charge in [0.15, 0.2) is 0 Å². The quantitative estimate of drug-likeness (QED) is 0.573. The fraction of sp³-hybridized carbons (Fsp3) is 0.333. The molecule has 0 aliphatic heterocycles. The van der Waals surface area contributed by atoms with Crippen molar-refractivity contribution in [3.05, 3.63) is 21.6 Å². The van der Waals surface area contributed by atoms with Crippen molar-refractivity contribution in [1.82, 2.24) is 0 Å². The van der Waals surface area contributed by atoms with Crippen LogP contribution in [0, 0.1) is 0 Å². The van der Waals surface area contributed by atoms with Gasteiger partial charge in [0.05, 0.1) is 0 Å². The predicted octanol–water partition coefficient (Wildman–Crippen LogP) is 3.50. The van der Waals surface area contributed by atoms with Crippen molar-refractivity contribution in [2.24, 2.45) is 0 Å². The van der Waals surface area contributed by atoms with Gasteiger partial charge in [0.1, 0.15) is 0 Å². The van der Waals surface area contributed by atoms with Gasteiger partial charge in [-0.15, -0.1) is 50.9 Å². The average molecular weight is 370 g/mol. The fourth-order valence-electron chi connectivity index (χ4n) is 0.615. The van der Waals surface area contributed by atoms with E-state index in [9.17, 15) is 0 Å². The topological polar surface area (TPSA) is 0 Å². The molecule has 1 rings (SSSR count). The maximum absolute atomic E-state index is 2.20. The summed E-state index contributed by atoms with van der Waals surface area (Å²) in [4.78, 5) is 0. The summed E-state index contributed by atoms with van der Waals surface area (Å²) >= 11 is 2.18. The Hall–Kier alpha value is 1.63. The number of hydrogen-bond donors (Lipinski definition) is 0. The summed E-state index contributed by atoms with van der Waals surface area (Å²) in [6.07, 6.45) is 5.55. The van der Waals surface area contributed by atoms with Gasteiger partial charge in [-0.1, -0.05) is 0 Å². The minimum absolute atomic E-state index is 0. The van der Waals surface area contributed by atoms with Crippen molar-refractivity contribution in [3.8, 4) is 0 Å². The van der Waals surface area contributed by atoms with Gasteiger partial charge in [-0.3, -0.25) is 0 Å². The zero-order valence-electron chi connectivity index (χ0n) is 5.59. The summed E-state index contributed by atoms with van der Waals surface area (Å²) in [5.41, 5.74) is 1.44. The van der Waals surface area contributed by atoms with Gasteiger partial charge in [-0.25, -0.2) is 0 Å². The van der Waals surface area contributed by atoms with Crippen LogP contribution in [0.3, 0.4) is 0 Å². The summed E-state index contributed by atoms with van der Waals surface area (Å²) in [6.45, 7) is 2.15. The molecule has 0 unspecified atom stereocenters. The van der Waals surface area contributed by atoms with Crippen LogP contribution >= 0.6 is 50.9 Å². The van der Waals surface area contributed by atoms with Crippen LogP contribution in [0.25, 0.3) is 0 Å². The van der Waals surface area contributed by atoms with E-state index in [0.717, 1.165) is 0 Å². The van der Waals surface area contributed by atoms with Gasteiger partial charge in [0, 0.05) is 0 Å². The van der Waals surface area contributed by atoms with Gasteiger partial charge < -0.3 is 0 Å². The van der Waals surface area contributed by atoms with Crippen LogP contribution in [0.5, 0.6) is 0 Å². The molecule has 1 aliphatic carbocycles. The van der Waals surface area contributed by atoms with Crippen LogP contribution < -0.4 is 0 Å². The molecule has 4 heteroatoms. The first-order chi connectivity index (χ1) is 3.30. The van der Waals surface area contributed by atoms with Crippen molar-refractivity contribution in [1.29, 1.82) is 0 Å². The van der Waals surface area contributed by atoms with E-state index in [0.29, 0.717) is 0 Å². The number of rotatable bonds is 0. The third kappa shape index (κ3) is 5.31. The SMILES string of the molecule is Br.Br.Br.CC1=[C]([Ti])CC=C1. The van der Waals surface area contributed by atoms with E-state index in [2.05, 4.69) is 39.5 Å². The molecule has 0 amide bonds. The second-order valence-electron chi connectivity index (χ2n) is 1.77. The molecule has 0 N–H and O–H groups in total. The van der Waals surface area contributed by atoms with Gasteiger partial charge in [-0.05, 0) is 0 Å². The molecular weight excluding hydrogens is 360 g/mol. The van der Waals surface area contributed by atoms with Gasteiger partial charge in [0.2, 0.25) is 0 Å². The summed E-state index contributed by atoms with van der Waals surface area (Å²) in [7, 11) is 0. The van der Waals surface area contributed by atoms with Crippen LogP contribution in [0.15, 0.2) is 21.6 Å². The van der Waals surface area contributed by atoms with Gasteiger partial charge >= 0.3 is 55.4 Å². The number of halogens is 3. The van der Waals surface area contributed by atoms with Gasteiger partial charge in [-0.2, -0.15) is 0 Å². The van der Waals surface area contributed by atoms with Crippen molar-refractivity contribution in [2.75, 3.05) is 0 Å². The second-order valence-corrected chi connectivity index (χ2v) is 2.71. The molecule has 0 saturated heterocycles. The number of hydrogen-bond acceptors (Lipinski definition) is 0. The molecule has 0 aromatic heterocycles. The third-order valence-corrected chi connectivity index (χ3v) is 2.10. The molecular formula is C6H10Br3Ti.